The molecule has 0 heterocycles. The van der Waals surface area contributed by atoms with E-state index in [1.165, 1.54) is 25.7 Å². The Balaban J connectivity index is 1.82. The van der Waals surface area contributed by atoms with Crippen LogP contribution in [-0.2, 0) is 5.41 Å². The van der Waals surface area contributed by atoms with E-state index in [2.05, 4.69) is 44.2 Å². The zero-order valence-electron chi connectivity index (χ0n) is 12.2. The summed E-state index contributed by atoms with van der Waals surface area (Å²) in [5.41, 5.74) is 9.23. The van der Waals surface area contributed by atoms with Gasteiger partial charge in [-0.1, -0.05) is 44.2 Å². The van der Waals surface area contributed by atoms with Gasteiger partial charge in [0.2, 0.25) is 0 Å². The SMILES string of the molecule is CC1(C)C2CC3(c4ccccc4)CC1C(CN)(C2)C3. The highest BCUT2D eigenvalue weighted by Gasteiger charge is 2.70. The van der Waals surface area contributed by atoms with Gasteiger partial charge in [0.05, 0.1) is 0 Å². The van der Waals surface area contributed by atoms with Gasteiger partial charge in [0.15, 0.2) is 0 Å². The molecule has 4 aliphatic rings. The number of rotatable bonds is 2. The minimum atomic E-state index is 0.447. The molecule has 4 atom stereocenters. The standard InChI is InChI=1S/C18H25N/c1-16(2)14-8-17(13-6-4-3-5-7-13)10-15(16)18(9-14,11-17)12-19/h3-7,14-15H,8-12,19H2,1-2H3. The predicted molar refractivity (Wildman–Crippen MR) is 78.8 cm³/mol. The van der Waals surface area contributed by atoms with Gasteiger partial charge in [-0.15, -0.1) is 0 Å². The van der Waals surface area contributed by atoms with Crippen molar-refractivity contribution in [2.45, 2.75) is 44.9 Å². The molecule has 1 aromatic rings. The smallest absolute Gasteiger partial charge is 0.00172 e. The lowest BCUT2D eigenvalue weighted by molar-refractivity contribution is 0.0897. The van der Waals surface area contributed by atoms with E-state index in [9.17, 15) is 0 Å². The van der Waals surface area contributed by atoms with E-state index in [4.69, 9.17) is 5.73 Å². The Kier molecular flexibility index (Phi) is 2.16. The van der Waals surface area contributed by atoms with Crippen LogP contribution in [0, 0.1) is 22.7 Å². The van der Waals surface area contributed by atoms with Crippen LogP contribution in [0.2, 0.25) is 0 Å². The monoisotopic (exact) mass is 255 g/mol. The molecular formula is C18H25N. The summed E-state index contributed by atoms with van der Waals surface area (Å²) >= 11 is 0. The predicted octanol–water partition coefficient (Wildman–Crippen LogP) is 3.73. The van der Waals surface area contributed by atoms with Crippen LogP contribution in [0.5, 0.6) is 0 Å². The maximum atomic E-state index is 6.25. The Labute approximate surface area is 116 Å². The van der Waals surface area contributed by atoms with Crippen molar-refractivity contribution in [3.63, 3.8) is 0 Å². The summed E-state index contributed by atoms with van der Waals surface area (Å²) in [5.74, 6) is 1.72. The maximum absolute atomic E-state index is 6.25. The second kappa shape index (κ2) is 3.44. The van der Waals surface area contributed by atoms with Gasteiger partial charge in [0.1, 0.15) is 0 Å². The fraction of sp³-hybridized carbons (Fsp3) is 0.667. The summed E-state index contributed by atoms with van der Waals surface area (Å²) in [6.45, 7) is 5.89. The average Bonchev–Trinajstić information content (AvgIpc) is 2.76. The van der Waals surface area contributed by atoms with E-state index in [1.54, 1.807) is 5.56 Å². The average molecular weight is 255 g/mol. The Hall–Kier alpha value is -0.820. The van der Waals surface area contributed by atoms with Crippen molar-refractivity contribution >= 4 is 0 Å². The molecule has 0 saturated heterocycles. The summed E-state index contributed by atoms with van der Waals surface area (Å²) in [5, 5.41) is 0. The van der Waals surface area contributed by atoms with Gasteiger partial charge in [0, 0.05) is 0 Å². The van der Waals surface area contributed by atoms with E-state index in [-0.39, 0.29) is 0 Å². The van der Waals surface area contributed by atoms with E-state index in [0.29, 0.717) is 16.2 Å². The zero-order chi connectivity index (χ0) is 13.3. The summed E-state index contributed by atoms with van der Waals surface area (Å²) in [6, 6.07) is 11.3. The molecule has 2 N–H and O–H groups in total. The van der Waals surface area contributed by atoms with E-state index in [1.807, 2.05) is 0 Å². The molecule has 5 rings (SSSR count). The van der Waals surface area contributed by atoms with Crippen molar-refractivity contribution in [2.24, 2.45) is 28.4 Å². The molecule has 1 nitrogen and oxygen atoms in total. The molecule has 4 unspecified atom stereocenters. The summed E-state index contributed by atoms with van der Waals surface area (Å²) < 4.78 is 0. The molecule has 19 heavy (non-hydrogen) atoms. The fourth-order valence-electron chi connectivity index (χ4n) is 6.17. The van der Waals surface area contributed by atoms with Crippen LogP contribution in [0.25, 0.3) is 0 Å². The molecular weight excluding hydrogens is 230 g/mol. The topological polar surface area (TPSA) is 26.0 Å². The van der Waals surface area contributed by atoms with Crippen LogP contribution >= 0.6 is 0 Å². The molecule has 4 saturated carbocycles. The van der Waals surface area contributed by atoms with Crippen molar-refractivity contribution < 1.29 is 0 Å². The van der Waals surface area contributed by atoms with E-state index >= 15 is 0 Å². The molecule has 0 aliphatic heterocycles. The number of benzene rings is 1. The highest BCUT2D eigenvalue weighted by molar-refractivity contribution is 5.34. The summed E-state index contributed by atoms with van der Waals surface area (Å²) in [6.07, 6.45) is 5.49. The molecule has 0 amide bonds. The second-order valence-corrected chi connectivity index (χ2v) is 8.07. The molecule has 0 radical (unpaired) electrons. The third-order valence-electron chi connectivity index (χ3n) is 7.06. The van der Waals surface area contributed by atoms with Crippen molar-refractivity contribution in [3.05, 3.63) is 35.9 Å². The lowest BCUT2D eigenvalue weighted by Crippen LogP contribution is -2.39. The molecule has 4 bridgehead atoms. The highest BCUT2D eigenvalue weighted by atomic mass is 14.8. The van der Waals surface area contributed by atoms with Gasteiger partial charge in [-0.3, -0.25) is 0 Å². The van der Waals surface area contributed by atoms with Gasteiger partial charge < -0.3 is 5.73 Å². The van der Waals surface area contributed by atoms with Crippen LogP contribution in [0.1, 0.15) is 45.1 Å². The van der Waals surface area contributed by atoms with Crippen LogP contribution in [0.4, 0.5) is 0 Å². The Morgan fingerprint density at radius 1 is 1.11 bits per heavy atom. The molecule has 1 aromatic carbocycles. The normalized spacial score (nSPS) is 45.8. The molecule has 0 spiro atoms. The first-order valence-corrected chi connectivity index (χ1v) is 7.78. The van der Waals surface area contributed by atoms with Crippen molar-refractivity contribution in [1.82, 2.24) is 0 Å². The van der Waals surface area contributed by atoms with E-state index < -0.39 is 0 Å². The zero-order valence-corrected chi connectivity index (χ0v) is 12.2. The number of nitrogens with two attached hydrogens (primary N) is 1. The van der Waals surface area contributed by atoms with Gasteiger partial charge in [0.25, 0.3) is 0 Å². The first-order valence-electron chi connectivity index (χ1n) is 7.78. The Morgan fingerprint density at radius 2 is 1.84 bits per heavy atom. The largest absolute Gasteiger partial charge is 0.330 e. The Bertz CT molecular complexity index is 506. The first kappa shape index (κ1) is 12.0. The lowest BCUT2D eigenvalue weighted by Gasteiger charge is -2.46. The molecule has 4 aliphatic carbocycles. The molecule has 102 valence electrons. The molecule has 1 heteroatoms. The molecule has 0 aromatic heterocycles. The van der Waals surface area contributed by atoms with Gasteiger partial charge >= 0.3 is 0 Å². The quantitative estimate of drug-likeness (QED) is 0.856. The Morgan fingerprint density at radius 3 is 2.47 bits per heavy atom. The van der Waals surface area contributed by atoms with Crippen LogP contribution in [0.15, 0.2) is 30.3 Å². The highest BCUT2D eigenvalue weighted by Crippen LogP contribution is 2.76. The minimum Gasteiger partial charge on any atom is -0.330 e. The van der Waals surface area contributed by atoms with Crippen molar-refractivity contribution in [2.75, 3.05) is 6.54 Å². The minimum absolute atomic E-state index is 0.447. The lowest BCUT2D eigenvalue weighted by atomic mass is 9.58. The third-order valence-corrected chi connectivity index (χ3v) is 7.06. The van der Waals surface area contributed by atoms with Crippen LogP contribution in [0.3, 0.4) is 0 Å². The van der Waals surface area contributed by atoms with Gasteiger partial charge in [-0.2, -0.15) is 0 Å². The van der Waals surface area contributed by atoms with E-state index in [0.717, 1.165) is 18.4 Å². The number of hydrogen-bond donors (Lipinski definition) is 1. The van der Waals surface area contributed by atoms with Crippen molar-refractivity contribution in [3.8, 4) is 0 Å². The molecule has 4 fully saturated rings. The number of hydrogen-bond acceptors (Lipinski definition) is 1. The van der Waals surface area contributed by atoms with Crippen LogP contribution < -0.4 is 5.73 Å². The fourth-order valence-corrected chi connectivity index (χ4v) is 6.17. The maximum Gasteiger partial charge on any atom is -0.00172 e. The summed E-state index contributed by atoms with van der Waals surface area (Å²) in [4.78, 5) is 0. The van der Waals surface area contributed by atoms with Crippen LogP contribution in [-0.4, -0.2) is 6.54 Å². The second-order valence-electron chi connectivity index (χ2n) is 8.07. The first-order chi connectivity index (χ1) is 9.02. The van der Waals surface area contributed by atoms with Gasteiger partial charge in [-0.25, -0.2) is 0 Å². The third kappa shape index (κ3) is 1.30. The van der Waals surface area contributed by atoms with Crippen molar-refractivity contribution in [1.29, 1.82) is 0 Å². The summed E-state index contributed by atoms with van der Waals surface area (Å²) in [7, 11) is 0. The van der Waals surface area contributed by atoms with Gasteiger partial charge in [-0.05, 0) is 65.9 Å².